The van der Waals surface area contributed by atoms with Gasteiger partial charge in [-0.1, -0.05) is 24.8 Å². The van der Waals surface area contributed by atoms with E-state index in [1.807, 2.05) is 30.0 Å². The second-order valence-electron chi connectivity index (χ2n) is 5.39. The van der Waals surface area contributed by atoms with Crippen molar-refractivity contribution in [1.29, 1.82) is 0 Å². The molecule has 0 bridgehead atoms. The Bertz CT molecular complexity index is 584. The number of carbonyl (C=O) groups excluding carboxylic acids is 1. The summed E-state index contributed by atoms with van der Waals surface area (Å²) in [6.07, 6.45) is 0.502. The Morgan fingerprint density at radius 3 is 3.14 bits per heavy atom. The van der Waals surface area contributed by atoms with Crippen LogP contribution >= 0.6 is 0 Å². The number of ether oxygens (including phenoxy) is 2. The second kappa shape index (κ2) is 5.41. The first-order chi connectivity index (χ1) is 10.1. The fraction of sp³-hybridized carbons (Fsp3) is 0.438. The molecule has 1 fully saturated rings. The smallest absolute Gasteiger partial charge is 0.410 e. The van der Waals surface area contributed by atoms with Crippen molar-refractivity contribution in [2.24, 2.45) is 0 Å². The molecule has 3 rings (SSSR count). The number of hydrogen-bond donors (Lipinski definition) is 1. The van der Waals surface area contributed by atoms with E-state index in [1.165, 1.54) is 0 Å². The first-order valence-corrected chi connectivity index (χ1v) is 7.13. The van der Waals surface area contributed by atoms with Crippen molar-refractivity contribution < 1.29 is 19.4 Å². The zero-order valence-electron chi connectivity index (χ0n) is 12.0. The Labute approximate surface area is 123 Å². The standard InChI is InChI=1S/C16H19NO4/c1-10-13-4-3-5-14(11(2)20-7-6-18)15(13)8-12-9-21-16(19)17(10)12/h3-5,10,12,18H,2,6-9H2,1H3/t10-,12+/m0/s1. The van der Waals surface area contributed by atoms with E-state index in [9.17, 15) is 4.79 Å². The molecule has 1 saturated heterocycles. The van der Waals surface area contributed by atoms with E-state index in [0.29, 0.717) is 12.4 Å². The van der Waals surface area contributed by atoms with Crippen molar-refractivity contribution in [1.82, 2.24) is 4.90 Å². The number of fused-ring (bicyclic) bond motifs is 2. The van der Waals surface area contributed by atoms with E-state index in [1.54, 1.807) is 0 Å². The summed E-state index contributed by atoms with van der Waals surface area (Å²) in [5, 5.41) is 8.87. The van der Waals surface area contributed by atoms with Gasteiger partial charge in [0.25, 0.3) is 0 Å². The van der Waals surface area contributed by atoms with Gasteiger partial charge in [-0.15, -0.1) is 0 Å². The Morgan fingerprint density at radius 1 is 1.57 bits per heavy atom. The Morgan fingerprint density at radius 2 is 2.38 bits per heavy atom. The summed E-state index contributed by atoms with van der Waals surface area (Å²) in [4.78, 5) is 13.6. The van der Waals surface area contributed by atoms with Crippen LogP contribution in [0, 0.1) is 0 Å². The minimum Gasteiger partial charge on any atom is -0.491 e. The number of aliphatic hydroxyl groups is 1. The minimum atomic E-state index is -0.237. The predicted molar refractivity (Wildman–Crippen MR) is 77.6 cm³/mol. The molecule has 5 nitrogen and oxygen atoms in total. The minimum absolute atomic E-state index is 0.0145. The molecule has 2 aliphatic rings. The van der Waals surface area contributed by atoms with Gasteiger partial charge >= 0.3 is 6.09 Å². The molecule has 1 aromatic rings. The first-order valence-electron chi connectivity index (χ1n) is 7.13. The van der Waals surface area contributed by atoms with Gasteiger partial charge in [-0.2, -0.15) is 0 Å². The van der Waals surface area contributed by atoms with Gasteiger partial charge in [0.2, 0.25) is 0 Å². The summed E-state index contributed by atoms with van der Waals surface area (Å²) in [7, 11) is 0. The normalized spacial score (nSPS) is 23.3. The summed E-state index contributed by atoms with van der Waals surface area (Å²) in [5.74, 6) is 0.562. The Hall–Kier alpha value is -2.01. The van der Waals surface area contributed by atoms with Gasteiger partial charge in [0.15, 0.2) is 0 Å². The highest BCUT2D eigenvalue weighted by Crippen LogP contribution is 2.39. The fourth-order valence-electron chi connectivity index (χ4n) is 3.22. The van der Waals surface area contributed by atoms with Crippen LogP contribution < -0.4 is 0 Å². The van der Waals surface area contributed by atoms with Crippen molar-refractivity contribution in [3.05, 3.63) is 41.5 Å². The quantitative estimate of drug-likeness (QED) is 0.862. The fourth-order valence-corrected chi connectivity index (χ4v) is 3.22. The van der Waals surface area contributed by atoms with Crippen molar-refractivity contribution in [2.75, 3.05) is 19.8 Å². The number of nitrogens with zero attached hydrogens (tertiary/aromatic N) is 1. The molecule has 0 spiro atoms. The molecule has 21 heavy (non-hydrogen) atoms. The molecule has 5 heteroatoms. The second-order valence-corrected chi connectivity index (χ2v) is 5.39. The highest BCUT2D eigenvalue weighted by molar-refractivity contribution is 5.73. The number of carbonyl (C=O) groups is 1. The largest absolute Gasteiger partial charge is 0.491 e. The molecule has 2 aliphatic heterocycles. The van der Waals surface area contributed by atoms with Crippen molar-refractivity contribution in [3.63, 3.8) is 0 Å². The molecular weight excluding hydrogens is 270 g/mol. The number of benzene rings is 1. The van der Waals surface area contributed by atoms with Gasteiger partial charge in [0, 0.05) is 5.56 Å². The van der Waals surface area contributed by atoms with Crippen molar-refractivity contribution in [2.45, 2.75) is 25.4 Å². The highest BCUT2D eigenvalue weighted by Gasteiger charge is 2.41. The van der Waals surface area contributed by atoms with Gasteiger partial charge in [-0.25, -0.2) is 4.79 Å². The van der Waals surface area contributed by atoms with Crippen LogP contribution in [-0.4, -0.2) is 42.0 Å². The van der Waals surface area contributed by atoms with Crippen LogP contribution in [0.3, 0.4) is 0 Å². The molecule has 0 aromatic heterocycles. The lowest BCUT2D eigenvalue weighted by atomic mass is 9.86. The molecule has 0 unspecified atom stereocenters. The number of amides is 1. The molecule has 1 aromatic carbocycles. The average Bonchev–Trinajstić information content (AvgIpc) is 2.86. The first kappa shape index (κ1) is 13.9. The van der Waals surface area contributed by atoms with E-state index < -0.39 is 0 Å². The van der Waals surface area contributed by atoms with Crippen LogP contribution in [-0.2, 0) is 15.9 Å². The van der Waals surface area contributed by atoms with Gasteiger partial charge in [-0.3, -0.25) is 4.90 Å². The number of rotatable bonds is 4. The van der Waals surface area contributed by atoms with Crippen molar-refractivity contribution >= 4 is 11.9 Å². The maximum absolute atomic E-state index is 11.8. The molecule has 0 aliphatic carbocycles. The molecule has 1 N–H and O–H groups in total. The van der Waals surface area contributed by atoms with Crippen LogP contribution in [0.1, 0.15) is 29.7 Å². The summed E-state index contributed by atoms with van der Waals surface area (Å²) in [5.41, 5.74) is 3.22. The highest BCUT2D eigenvalue weighted by atomic mass is 16.6. The maximum Gasteiger partial charge on any atom is 0.410 e. The number of cyclic esters (lactones) is 1. The number of aliphatic hydroxyl groups excluding tert-OH is 1. The molecule has 0 saturated carbocycles. The van der Waals surface area contributed by atoms with Gasteiger partial charge < -0.3 is 14.6 Å². The topological polar surface area (TPSA) is 59.0 Å². The maximum atomic E-state index is 11.8. The molecule has 112 valence electrons. The molecule has 2 heterocycles. The summed E-state index contributed by atoms with van der Waals surface area (Å²) in [6.45, 7) is 6.59. The van der Waals surface area contributed by atoms with E-state index in [0.717, 1.165) is 23.1 Å². The van der Waals surface area contributed by atoms with Gasteiger partial charge in [0.05, 0.1) is 18.7 Å². The summed E-state index contributed by atoms with van der Waals surface area (Å²) < 4.78 is 10.6. The third kappa shape index (κ3) is 2.27. The summed E-state index contributed by atoms with van der Waals surface area (Å²) >= 11 is 0. The lowest BCUT2D eigenvalue weighted by Crippen LogP contribution is -2.41. The third-order valence-electron chi connectivity index (χ3n) is 4.19. The predicted octanol–water partition coefficient (Wildman–Crippen LogP) is 2.10. The van der Waals surface area contributed by atoms with E-state index >= 15 is 0 Å². The van der Waals surface area contributed by atoms with E-state index in [2.05, 4.69) is 6.58 Å². The molecule has 2 atom stereocenters. The zero-order valence-corrected chi connectivity index (χ0v) is 12.0. The van der Waals surface area contributed by atoms with Crippen LogP contribution in [0.2, 0.25) is 0 Å². The lowest BCUT2D eigenvalue weighted by Gasteiger charge is -2.36. The van der Waals surface area contributed by atoms with E-state index in [-0.39, 0.29) is 31.4 Å². The van der Waals surface area contributed by atoms with Crippen LogP contribution in [0.15, 0.2) is 24.8 Å². The van der Waals surface area contributed by atoms with E-state index in [4.69, 9.17) is 14.6 Å². The molecular formula is C16H19NO4. The van der Waals surface area contributed by atoms with Crippen LogP contribution in [0.4, 0.5) is 4.79 Å². The summed E-state index contributed by atoms with van der Waals surface area (Å²) in [6, 6.07) is 6.01. The molecule has 1 amide bonds. The van der Waals surface area contributed by atoms with Crippen LogP contribution in [0.25, 0.3) is 5.76 Å². The third-order valence-corrected chi connectivity index (χ3v) is 4.19. The zero-order chi connectivity index (χ0) is 15.0. The monoisotopic (exact) mass is 289 g/mol. The van der Waals surface area contributed by atoms with Crippen LogP contribution in [0.5, 0.6) is 0 Å². The van der Waals surface area contributed by atoms with Crippen molar-refractivity contribution in [3.8, 4) is 0 Å². The Balaban J connectivity index is 1.96. The van der Waals surface area contributed by atoms with Gasteiger partial charge in [0.1, 0.15) is 19.0 Å². The lowest BCUT2D eigenvalue weighted by molar-refractivity contribution is 0.144. The SMILES string of the molecule is C=C(OCCO)c1cccc2c1C[C@@H]1COC(=O)N1[C@H]2C. The average molecular weight is 289 g/mol. The molecule has 0 radical (unpaired) electrons. The Kier molecular flexibility index (Phi) is 3.59. The number of hydrogen-bond acceptors (Lipinski definition) is 4. The van der Waals surface area contributed by atoms with Gasteiger partial charge in [-0.05, 0) is 24.5 Å².